The molecule has 1 aliphatic rings. The van der Waals surface area contributed by atoms with Crippen LogP contribution in [0.25, 0.3) is 30.6 Å². The molecule has 1 aliphatic carbocycles. The number of nitrogens with zero attached hydrogens (tertiary/aromatic N) is 2. The first-order valence-electron chi connectivity index (χ1n) is 8.88. The molecule has 1 saturated carbocycles. The summed E-state index contributed by atoms with van der Waals surface area (Å²) in [4.78, 5) is 24.9. The lowest BCUT2D eigenvalue weighted by molar-refractivity contribution is 0.146. The fourth-order valence-corrected chi connectivity index (χ4v) is 5.49. The van der Waals surface area contributed by atoms with E-state index in [0.29, 0.717) is 25.7 Å². The zero-order valence-corrected chi connectivity index (χ0v) is 16.1. The maximum absolute atomic E-state index is 13.3. The van der Waals surface area contributed by atoms with Crippen LogP contribution in [0.5, 0.6) is 0 Å². The minimum atomic E-state index is -2.61. The Morgan fingerprint density at radius 2 is 2.11 bits per heavy atom. The summed E-state index contributed by atoms with van der Waals surface area (Å²) in [5.41, 5.74) is 1.78. The molecule has 27 heavy (non-hydrogen) atoms. The zero-order chi connectivity index (χ0) is 18.7. The molecule has 0 amide bonds. The largest absolute Gasteiger partial charge is 0.361 e. The number of hydrogen-bond acceptors (Lipinski definition) is 6. The standard InChI is InChI=1S/C18H16F2N4OS2/c1-2-5-21-18-24-12-13-11(23-16(25)14(12)27-18)10-8(7-3-4-7)6-9(15(19)20)22-17(10)26-13/h6-7,15H,2-5H2,1H3,(H,21,24)(H,23,25). The van der Waals surface area contributed by atoms with Gasteiger partial charge in [0.1, 0.15) is 20.7 Å². The third-order valence-electron chi connectivity index (χ3n) is 4.77. The van der Waals surface area contributed by atoms with Crippen LogP contribution in [0.15, 0.2) is 10.9 Å². The van der Waals surface area contributed by atoms with Crippen LogP contribution in [0.4, 0.5) is 13.9 Å². The predicted octanol–water partition coefficient (Wildman–Crippen LogP) is 5.38. The minimum absolute atomic E-state index is 0.195. The second kappa shape index (κ2) is 6.20. The molecule has 0 saturated heterocycles. The van der Waals surface area contributed by atoms with Crippen LogP contribution in [0.3, 0.4) is 0 Å². The van der Waals surface area contributed by atoms with E-state index in [1.54, 1.807) is 0 Å². The van der Waals surface area contributed by atoms with Crippen molar-refractivity contribution in [2.45, 2.75) is 38.5 Å². The molecule has 0 atom stereocenters. The smallest absolute Gasteiger partial charge is 0.280 e. The van der Waals surface area contributed by atoms with Gasteiger partial charge in [0.05, 0.1) is 10.2 Å². The van der Waals surface area contributed by atoms with Crippen molar-refractivity contribution in [3.8, 4) is 0 Å². The molecule has 4 heterocycles. The molecule has 140 valence electrons. The first kappa shape index (κ1) is 17.0. The highest BCUT2D eigenvalue weighted by molar-refractivity contribution is 7.27. The normalized spacial score (nSPS) is 14.8. The quantitative estimate of drug-likeness (QED) is 0.466. The fraction of sp³-hybridized carbons (Fsp3) is 0.389. The number of anilines is 1. The number of alkyl halides is 2. The third-order valence-corrected chi connectivity index (χ3v) is 6.87. The highest BCUT2D eigenvalue weighted by Crippen LogP contribution is 2.48. The SMILES string of the molecule is CCCNc1nc2c(s1)c(=O)[nH]c1c2sc2nc(C(F)F)cc(C3CC3)c21. The molecule has 0 spiro atoms. The van der Waals surface area contributed by atoms with Crippen LogP contribution in [0, 0.1) is 0 Å². The monoisotopic (exact) mass is 406 g/mol. The van der Waals surface area contributed by atoms with Crippen molar-refractivity contribution >= 4 is 58.5 Å². The fourth-order valence-electron chi connectivity index (χ4n) is 3.37. The summed E-state index contributed by atoms with van der Waals surface area (Å²) in [5.74, 6) is 0.266. The summed E-state index contributed by atoms with van der Waals surface area (Å²) in [5, 5.41) is 4.72. The molecule has 1 fully saturated rings. The summed E-state index contributed by atoms with van der Waals surface area (Å²) in [6.07, 6.45) is 0.302. The molecule has 5 rings (SSSR count). The predicted molar refractivity (Wildman–Crippen MR) is 107 cm³/mol. The van der Waals surface area contributed by atoms with Crippen molar-refractivity contribution in [2.75, 3.05) is 11.9 Å². The second-order valence-corrected chi connectivity index (χ2v) is 8.77. The maximum atomic E-state index is 13.3. The number of thiazole rings is 1. The Morgan fingerprint density at radius 3 is 2.81 bits per heavy atom. The molecule has 0 aromatic carbocycles. The first-order chi connectivity index (χ1) is 13.1. The summed E-state index contributed by atoms with van der Waals surface area (Å²) in [6.45, 7) is 2.83. The number of thiophene rings is 1. The zero-order valence-electron chi connectivity index (χ0n) is 14.4. The minimum Gasteiger partial charge on any atom is -0.361 e. The van der Waals surface area contributed by atoms with Crippen LogP contribution in [0.2, 0.25) is 0 Å². The van der Waals surface area contributed by atoms with Crippen molar-refractivity contribution in [3.63, 3.8) is 0 Å². The van der Waals surface area contributed by atoms with Gasteiger partial charge in [-0.2, -0.15) is 0 Å². The van der Waals surface area contributed by atoms with Gasteiger partial charge in [0, 0.05) is 11.9 Å². The maximum Gasteiger partial charge on any atom is 0.280 e. The number of pyridine rings is 2. The Balaban J connectivity index is 1.84. The van der Waals surface area contributed by atoms with Gasteiger partial charge in [0.25, 0.3) is 12.0 Å². The van der Waals surface area contributed by atoms with Crippen molar-refractivity contribution in [1.82, 2.24) is 15.0 Å². The van der Waals surface area contributed by atoms with E-state index in [1.165, 1.54) is 28.7 Å². The topological polar surface area (TPSA) is 70.7 Å². The summed E-state index contributed by atoms with van der Waals surface area (Å²) in [7, 11) is 0. The molecule has 2 N–H and O–H groups in total. The first-order valence-corrected chi connectivity index (χ1v) is 10.5. The highest BCUT2D eigenvalue weighted by Gasteiger charge is 2.30. The average Bonchev–Trinajstić information content (AvgIpc) is 3.29. The number of H-pyrrole nitrogens is 1. The van der Waals surface area contributed by atoms with Crippen LogP contribution in [0.1, 0.15) is 49.8 Å². The van der Waals surface area contributed by atoms with Crippen LogP contribution < -0.4 is 10.9 Å². The lowest BCUT2D eigenvalue weighted by Crippen LogP contribution is -2.04. The summed E-state index contributed by atoms with van der Waals surface area (Å²) in [6, 6.07) is 1.51. The Labute approximate surface area is 160 Å². The van der Waals surface area contributed by atoms with Gasteiger partial charge >= 0.3 is 0 Å². The molecule has 5 nitrogen and oxygen atoms in total. The lowest BCUT2D eigenvalue weighted by atomic mass is 10.1. The van der Waals surface area contributed by atoms with E-state index in [1.807, 2.05) is 0 Å². The van der Waals surface area contributed by atoms with Crippen LogP contribution in [-0.2, 0) is 0 Å². The molecule has 0 bridgehead atoms. The Kier molecular flexibility index (Phi) is 3.90. The number of aromatic amines is 1. The molecule has 0 unspecified atom stereocenters. The van der Waals surface area contributed by atoms with Gasteiger partial charge in [-0.15, -0.1) is 11.3 Å². The van der Waals surface area contributed by atoms with Crippen molar-refractivity contribution < 1.29 is 8.78 Å². The average molecular weight is 406 g/mol. The van der Waals surface area contributed by atoms with Gasteiger partial charge in [-0.3, -0.25) is 4.79 Å². The van der Waals surface area contributed by atoms with E-state index in [0.717, 1.165) is 41.5 Å². The third kappa shape index (κ3) is 2.71. The number of rotatable bonds is 5. The number of nitrogens with one attached hydrogen (secondary N) is 2. The van der Waals surface area contributed by atoms with Crippen LogP contribution in [-0.4, -0.2) is 21.5 Å². The van der Waals surface area contributed by atoms with E-state index in [-0.39, 0.29) is 17.2 Å². The van der Waals surface area contributed by atoms with E-state index < -0.39 is 6.43 Å². The number of aromatic nitrogens is 3. The van der Waals surface area contributed by atoms with E-state index in [2.05, 4.69) is 27.2 Å². The molecule has 4 aromatic heterocycles. The Bertz CT molecular complexity index is 1240. The van der Waals surface area contributed by atoms with E-state index in [4.69, 9.17) is 0 Å². The van der Waals surface area contributed by atoms with Crippen LogP contribution >= 0.6 is 22.7 Å². The van der Waals surface area contributed by atoms with Gasteiger partial charge in [-0.1, -0.05) is 18.3 Å². The number of halogens is 2. The Morgan fingerprint density at radius 1 is 1.30 bits per heavy atom. The lowest BCUT2D eigenvalue weighted by Gasteiger charge is -2.05. The molecule has 0 radical (unpaired) electrons. The summed E-state index contributed by atoms with van der Waals surface area (Å²) >= 11 is 2.65. The van der Waals surface area contributed by atoms with Gasteiger partial charge in [-0.05, 0) is 36.8 Å². The van der Waals surface area contributed by atoms with Gasteiger partial charge in [0.15, 0.2) is 5.13 Å². The molecule has 0 aliphatic heterocycles. The van der Waals surface area contributed by atoms with Crippen molar-refractivity contribution in [1.29, 1.82) is 0 Å². The molecular weight excluding hydrogens is 390 g/mol. The van der Waals surface area contributed by atoms with E-state index >= 15 is 0 Å². The Hall–Kier alpha value is -2.13. The molecular formula is C18H16F2N4OS2. The summed E-state index contributed by atoms with van der Waals surface area (Å²) < 4.78 is 28.0. The van der Waals surface area contributed by atoms with Crippen molar-refractivity contribution in [2.24, 2.45) is 0 Å². The van der Waals surface area contributed by atoms with Crippen molar-refractivity contribution in [3.05, 3.63) is 27.7 Å². The highest BCUT2D eigenvalue weighted by atomic mass is 32.1. The van der Waals surface area contributed by atoms with Gasteiger partial charge in [-0.25, -0.2) is 18.7 Å². The number of hydrogen-bond donors (Lipinski definition) is 2. The van der Waals surface area contributed by atoms with E-state index in [9.17, 15) is 13.6 Å². The van der Waals surface area contributed by atoms with Gasteiger partial charge < -0.3 is 10.3 Å². The molecule has 9 heteroatoms. The molecule has 4 aromatic rings. The second-order valence-electron chi connectivity index (χ2n) is 6.78. The number of fused-ring (bicyclic) bond motifs is 5. The van der Waals surface area contributed by atoms with Gasteiger partial charge in [0.2, 0.25) is 0 Å².